The topological polar surface area (TPSA) is 71.9 Å². The molecule has 1 N–H and O–H groups in total. The molecule has 0 aromatic carbocycles. The molecule has 0 bridgehead atoms. The number of hydrogen-bond acceptors (Lipinski definition) is 6. The molecule has 1 atom stereocenters. The second-order valence-electron chi connectivity index (χ2n) is 6.02. The van der Waals surface area contributed by atoms with Crippen molar-refractivity contribution in [3.05, 3.63) is 40.0 Å². The average molecular weight is 519 g/mol. The van der Waals surface area contributed by atoms with Crippen LogP contribution in [0, 0.1) is 0 Å². The van der Waals surface area contributed by atoms with Gasteiger partial charge in [-0.05, 0) is 32.4 Å². The summed E-state index contributed by atoms with van der Waals surface area (Å²) in [5, 5.41) is 6.39. The van der Waals surface area contributed by atoms with Gasteiger partial charge in [0.05, 0.1) is 25.4 Å². The maximum absolute atomic E-state index is 5.46. The molecule has 28 heavy (non-hydrogen) atoms. The van der Waals surface area contributed by atoms with E-state index < -0.39 is 0 Å². The molecule has 1 unspecified atom stereocenters. The van der Waals surface area contributed by atoms with Crippen molar-refractivity contribution in [3.63, 3.8) is 0 Å². The third-order valence-corrected chi connectivity index (χ3v) is 4.92. The molecule has 0 aliphatic carbocycles. The fraction of sp³-hybridized carbons (Fsp3) is 0.526. The van der Waals surface area contributed by atoms with Gasteiger partial charge in [-0.25, -0.2) is 15.0 Å². The number of ether oxygens (including phenoxy) is 2. The Hall–Kier alpha value is -1.46. The standard InChI is InChI=1S/C19H29N5O2S.HI/c1-6-20-19(22-11-15-8-9-21-17(10-15)26-7-2)24(4)12-16-13-27-18(23-16)14(3)25-5;/h8-10,13-14H,6-7,11-12H2,1-5H3,(H,20,22);1H. The van der Waals surface area contributed by atoms with E-state index in [1.165, 1.54) is 0 Å². The Balaban J connectivity index is 0.00000392. The Kier molecular flexibility index (Phi) is 11.3. The number of methoxy groups -OCH3 is 1. The van der Waals surface area contributed by atoms with E-state index in [0.29, 0.717) is 25.6 Å². The third kappa shape index (κ3) is 7.51. The molecular weight excluding hydrogens is 489 g/mol. The third-order valence-electron chi connectivity index (χ3n) is 3.87. The van der Waals surface area contributed by atoms with Crippen LogP contribution in [-0.4, -0.2) is 48.1 Å². The predicted molar refractivity (Wildman–Crippen MR) is 125 cm³/mol. The molecule has 2 aromatic heterocycles. The Morgan fingerprint density at radius 1 is 1.39 bits per heavy atom. The van der Waals surface area contributed by atoms with Crippen molar-refractivity contribution < 1.29 is 9.47 Å². The molecule has 0 radical (unpaired) electrons. The number of rotatable bonds is 9. The first-order valence-corrected chi connectivity index (χ1v) is 9.99. The van der Waals surface area contributed by atoms with Crippen LogP contribution in [0.15, 0.2) is 28.7 Å². The first-order valence-electron chi connectivity index (χ1n) is 9.11. The number of halogens is 1. The van der Waals surface area contributed by atoms with E-state index in [0.717, 1.165) is 28.8 Å². The van der Waals surface area contributed by atoms with Gasteiger partial charge in [0.25, 0.3) is 0 Å². The molecule has 0 fully saturated rings. The predicted octanol–water partition coefficient (Wildman–Crippen LogP) is 3.86. The van der Waals surface area contributed by atoms with Crippen LogP contribution in [0.1, 0.15) is 43.1 Å². The minimum Gasteiger partial charge on any atom is -0.478 e. The fourth-order valence-electron chi connectivity index (χ4n) is 2.41. The zero-order chi connectivity index (χ0) is 19.6. The average Bonchev–Trinajstić information content (AvgIpc) is 3.13. The van der Waals surface area contributed by atoms with Crippen LogP contribution >= 0.6 is 35.3 Å². The Morgan fingerprint density at radius 3 is 2.86 bits per heavy atom. The number of aliphatic imine (C=N–C) groups is 1. The summed E-state index contributed by atoms with van der Waals surface area (Å²) in [6.45, 7) is 8.64. The van der Waals surface area contributed by atoms with Crippen LogP contribution in [0.2, 0.25) is 0 Å². The Morgan fingerprint density at radius 2 is 2.18 bits per heavy atom. The molecule has 156 valence electrons. The molecule has 2 rings (SSSR count). The van der Waals surface area contributed by atoms with E-state index >= 15 is 0 Å². The van der Waals surface area contributed by atoms with Crippen LogP contribution in [0.25, 0.3) is 0 Å². The summed E-state index contributed by atoms with van der Waals surface area (Å²) in [5.74, 6) is 1.47. The van der Waals surface area contributed by atoms with Crippen molar-refractivity contribution in [1.29, 1.82) is 0 Å². The van der Waals surface area contributed by atoms with Gasteiger partial charge in [-0.15, -0.1) is 35.3 Å². The maximum atomic E-state index is 5.46. The highest BCUT2D eigenvalue weighted by Crippen LogP contribution is 2.21. The quantitative estimate of drug-likeness (QED) is 0.308. The molecule has 0 aliphatic rings. The van der Waals surface area contributed by atoms with Gasteiger partial charge >= 0.3 is 0 Å². The second kappa shape index (κ2) is 12.9. The summed E-state index contributed by atoms with van der Waals surface area (Å²) in [6, 6.07) is 3.88. The Labute approximate surface area is 188 Å². The molecule has 0 aliphatic heterocycles. The zero-order valence-electron chi connectivity index (χ0n) is 17.1. The molecule has 2 heterocycles. The van der Waals surface area contributed by atoms with Crippen molar-refractivity contribution in [1.82, 2.24) is 20.2 Å². The Bertz CT molecular complexity index is 741. The lowest BCUT2D eigenvalue weighted by Gasteiger charge is -2.21. The van der Waals surface area contributed by atoms with Gasteiger partial charge in [0.15, 0.2) is 5.96 Å². The lowest BCUT2D eigenvalue weighted by atomic mass is 10.3. The SMILES string of the molecule is CCNC(=NCc1ccnc(OCC)c1)N(C)Cc1csc(C(C)OC)n1.I. The molecule has 0 saturated carbocycles. The number of thiazole rings is 1. The molecule has 9 heteroatoms. The molecule has 0 amide bonds. The number of aromatic nitrogens is 2. The van der Waals surface area contributed by atoms with E-state index in [9.17, 15) is 0 Å². The molecule has 7 nitrogen and oxygen atoms in total. The van der Waals surface area contributed by atoms with Gasteiger partial charge in [-0.2, -0.15) is 0 Å². The largest absolute Gasteiger partial charge is 0.478 e. The number of nitrogens with one attached hydrogen (secondary N) is 1. The summed E-state index contributed by atoms with van der Waals surface area (Å²) in [4.78, 5) is 15.7. The minimum absolute atomic E-state index is 0. The first kappa shape index (κ1) is 24.6. The van der Waals surface area contributed by atoms with Gasteiger partial charge < -0.3 is 19.7 Å². The highest BCUT2D eigenvalue weighted by atomic mass is 127. The van der Waals surface area contributed by atoms with Crippen molar-refractivity contribution in [3.8, 4) is 5.88 Å². The van der Waals surface area contributed by atoms with Crippen LogP contribution in [0.5, 0.6) is 5.88 Å². The zero-order valence-corrected chi connectivity index (χ0v) is 20.3. The van der Waals surface area contributed by atoms with E-state index in [1.807, 2.05) is 33.0 Å². The number of hydrogen-bond donors (Lipinski definition) is 1. The second-order valence-corrected chi connectivity index (χ2v) is 6.91. The highest BCUT2D eigenvalue weighted by Gasteiger charge is 2.12. The van der Waals surface area contributed by atoms with Gasteiger partial charge in [0.1, 0.15) is 11.1 Å². The minimum atomic E-state index is 0. The number of pyridine rings is 1. The van der Waals surface area contributed by atoms with E-state index in [4.69, 9.17) is 14.5 Å². The molecule has 2 aromatic rings. The highest BCUT2D eigenvalue weighted by molar-refractivity contribution is 14.0. The summed E-state index contributed by atoms with van der Waals surface area (Å²) >= 11 is 1.62. The van der Waals surface area contributed by atoms with E-state index in [1.54, 1.807) is 24.6 Å². The number of nitrogens with zero attached hydrogens (tertiary/aromatic N) is 4. The fourth-order valence-corrected chi connectivity index (χ4v) is 3.25. The van der Waals surface area contributed by atoms with Crippen LogP contribution < -0.4 is 10.1 Å². The van der Waals surface area contributed by atoms with Crippen LogP contribution in [-0.2, 0) is 17.8 Å². The molecule has 0 spiro atoms. The van der Waals surface area contributed by atoms with Gasteiger partial charge in [-0.3, -0.25) is 0 Å². The van der Waals surface area contributed by atoms with Gasteiger partial charge in [0.2, 0.25) is 5.88 Å². The molecular formula is C19H30IN5O2S. The van der Waals surface area contributed by atoms with Crippen LogP contribution in [0.4, 0.5) is 0 Å². The summed E-state index contributed by atoms with van der Waals surface area (Å²) < 4.78 is 10.8. The normalized spacial score (nSPS) is 12.2. The van der Waals surface area contributed by atoms with Crippen LogP contribution in [0.3, 0.4) is 0 Å². The van der Waals surface area contributed by atoms with Crippen molar-refractivity contribution in [2.24, 2.45) is 4.99 Å². The van der Waals surface area contributed by atoms with Gasteiger partial charge in [0, 0.05) is 38.3 Å². The van der Waals surface area contributed by atoms with E-state index in [2.05, 4.69) is 32.5 Å². The van der Waals surface area contributed by atoms with Crippen molar-refractivity contribution >= 4 is 41.3 Å². The number of guanidine groups is 1. The molecule has 0 saturated heterocycles. The lowest BCUT2D eigenvalue weighted by Crippen LogP contribution is -2.38. The first-order chi connectivity index (χ1) is 13.1. The summed E-state index contributed by atoms with van der Waals surface area (Å²) in [6.07, 6.45) is 1.77. The lowest BCUT2D eigenvalue weighted by molar-refractivity contribution is 0.119. The maximum Gasteiger partial charge on any atom is 0.213 e. The summed E-state index contributed by atoms with van der Waals surface area (Å²) in [7, 11) is 3.71. The summed E-state index contributed by atoms with van der Waals surface area (Å²) in [5.41, 5.74) is 2.07. The smallest absolute Gasteiger partial charge is 0.213 e. The monoisotopic (exact) mass is 519 g/mol. The van der Waals surface area contributed by atoms with Crippen molar-refractivity contribution in [2.45, 2.75) is 40.0 Å². The van der Waals surface area contributed by atoms with Gasteiger partial charge in [-0.1, -0.05) is 0 Å². The van der Waals surface area contributed by atoms with E-state index in [-0.39, 0.29) is 30.1 Å². The van der Waals surface area contributed by atoms with Crippen molar-refractivity contribution in [2.75, 3.05) is 27.3 Å².